The van der Waals surface area contributed by atoms with E-state index in [4.69, 9.17) is 9.05 Å². The summed E-state index contributed by atoms with van der Waals surface area (Å²) in [6, 6.07) is 0. The van der Waals surface area contributed by atoms with Crippen LogP contribution in [0.3, 0.4) is 0 Å². The second-order valence-corrected chi connectivity index (χ2v) is 17.1. The number of aldehydes is 2. The van der Waals surface area contributed by atoms with Crippen LogP contribution < -0.4 is 0 Å². The standard InChI is InChI=1S/C13H27F5N5O5P5/c1-4-10-27-32(17)21-30(15,13-7-9-25)19-29(14,12-6-8-24)20-31(16,26-3)22-33(18,23-32)28-11-5-2/h8-9H,4-7,10-13H2,1-3H3. The van der Waals surface area contributed by atoms with Crippen molar-refractivity contribution in [2.24, 2.45) is 22.6 Å². The maximum absolute atomic E-state index is 15.8. The van der Waals surface area contributed by atoms with Crippen LogP contribution in [0.5, 0.6) is 0 Å². The van der Waals surface area contributed by atoms with Gasteiger partial charge >= 0.3 is 23.2 Å². The fourth-order valence-corrected chi connectivity index (χ4v) is 15.5. The van der Waals surface area contributed by atoms with Crippen molar-refractivity contribution in [3.05, 3.63) is 0 Å². The molecule has 0 saturated heterocycles. The van der Waals surface area contributed by atoms with Crippen LogP contribution in [0.15, 0.2) is 22.6 Å². The minimum atomic E-state index is -5.28. The summed E-state index contributed by atoms with van der Waals surface area (Å²) < 4.78 is 109. The lowest BCUT2D eigenvalue weighted by molar-refractivity contribution is -0.108. The van der Waals surface area contributed by atoms with Gasteiger partial charge in [0, 0.05) is 32.3 Å². The fraction of sp³-hybridized carbons (Fsp3) is 0.846. The summed E-state index contributed by atoms with van der Waals surface area (Å²) in [6.07, 6.45) is -1.93. The molecule has 0 aliphatic carbocycles. The number of hydrogen-bond acceptors (Lipinski definition) is 10. The lowest BCUT2D eigenvalue weighted by atomic mass is 10.5. The van der Waals surface area contributed by atoms with Crippen molar-refractivity contribution < 1.29 is 44.1 Å². The van der Waals surface area contributed by atoms with E-state index in [0.717, 1.165) is 0 Å². The molecule has 0 aromatic rings. The molecule has 0 N–H and O–H groups in total. The number of carbonyl (C=O) groups is 2. The number of halogens is 5. The Labute approximate surface area is 190 Å². The summed E-state index contributed by atoms with van der Waals surface area (Å²) in [4.78, 5) is 21.6. The summed E-state index contributed by atoms with van der Waals surface area (Å²) in [5.74, 6) is 0. The Hall–Kier alpha value is 0.0200. The van der Waals surface area contributed by atoms with Crippen LogP contribution in [-0.2, 0) is 23.2 Å². The van der Waals surface area contributed by atoms with Crippen LogP contribution in [0.1, 0.15) is 39.5 Å². The molecule has 5 unspecified atom stereocenters. The maximum atomic E-state index is 15.8. The molecule has 5 atom stereocenters. The molecule has 0 aromatic heterocycles. The minimum Gasteiger partial charge on any atom is -0.307 e. The van der Waals surface area contributed by atoms with E-state index >= 15 is 21.0 Å². The van der Waals surface area contributed by atoms with Crippen molar-refractivity contribution >= 4 is 50.8 Å². The zero-order valence-electron chi connectivity index (χ0n) is 18.2. The van der Waals surface area contributed by atoms with E-state index in [1.807, 2.05) is 0 Å². The molecule has 0 bridgehead atoms. The molecule has 1 aliphatic heterocycles. The molecule has 0 saturated carbocycles. The zero-order chi connectivity index (χ0) is 25.2. The lowest BCUT2D eigenvalue weighted by Crippen LogP contribution is -1.93. The smallest absolute Gasteiger partial charge is 0.307 e. The normalized spacial score (nSPS) is 36.8. The van der Waals surface area contributed by atoms with E-state index in [1.54, 1.807) is 13.8 Å². The Morgan fingerprint density at radius 3 is 1.52 bits per heavy atom. The van der Waals surface area contributed by atoms with Gasteiger partial charge in [-0.25, -0.2) is 0 Å². The number of carbonyl (C=O) groups excluding carboxylic acids is 2. The van der Waals surface area contributed by atoms with Crippen molar-refractivity contribution in [2.45, 2.75) is 39.5 Å². The summed E-state index contributed by atoms with van der Waals surface area (Å²) in [7, 11) is -25.0. The number of rotatable bonds is 13. The molecule has 0 fully saturated rings. The molecule has 1 heterocycles. The van der Waals surface area contributed by atoms with Crippen LogP contribution >= 0.6 is 38.3 Å². The highest BCUT2D eigenvalue weighted by Gasteiger charge is 2.40. The van der Waals surface area contributed by atoms with Crippen LogP contribution in [0.4, 0.5) is 21.0 Å². The third-order valence-corrected chi connectivity index (χ3v) is 16.2. The average molecular weight is 583 g/mol. The first-order valence-corrected chi connectivity index (χ1v) is 17.8. The fourth-order valence-electron chi connectivity index (χ4n) is 2.11. The highest BCUT2D eigenvalue weighted by molar-refractivity contribution is 7.80. The third kappa shape index (κ3) is 10.3. The van der Waals surface area contributed by atoms with Crippen LogP contribution in [0, 0.1) is 0 Å². The molecule has 20 heteroatoms. The molecular weight excluding hydrogens is 556 g/mol. The first-order chi connectivity index (χ1) is 15.3. The summed E-state index contributed by atoms with van der Waals surface area (Å²) in [6.45, 7) is 2.36. The monoisotopic (exact) mass is 583 g/mol. The molecule has 0 radical (unpaired) electrons. The first-order valence-electron chi connectivity index (χ1n) is 9.71. The highest BCUT2D eigenvalue weighted by atomic mass is 31.3. The average Bonchev–Trinajstić information content (AvgIpc) is 2.72. The van der Waals surface area contributed by atoms with Crippen molar-refractivity contribution in [1.82, 2.24) is 0 Å². The van der Waals surface area contributed by atoms with E-state index in [-0.39, 0.29) is 38.6 Å². The van der Waals surface area contributed by atoms with Crippen molar-refractivity contribution in [3.8, 4) is 0 Å². The zero-order valence-corrected chi connectivity index (χ0v) is 22.7. The van der Waals surface area contributed by atoms with Crippen LogP contribution in [0.2, 0.25) is 0 Å². The molecule has 0 amide bonds. The topological polar surface area (TPSA) is 124 Å². The Bertz CT molecular complexity index is 993. The van der Waals surface area contributed by atoms with Crippen molar-refractivity contribution in [1.29, 1.82) is 0 Å². The van der Waals surface area contributed by atoms with Gasteiger partial charge in [0.25, 0.3) is 15.0 Å². The van der Waals surface area contributed by atoms with Gasteiger partial charge in [-0.1, -0.05) is 13.8 Å². The van der Waals surface area contributed by atoms with E-state index < -0.39 is 63.4 Å². The highest BCUT2D eigenvalue weighted by Crippen LogP contribution is 2.81. The van der Waals surface area contributed by atoms with Gasteiger partial charge in [-0.15, -0.1) is 9.03 Å². The predicted molar refractivity (Wildman–Crippen MR) is 123 cm³/mol. The number of nitrogens with zero attached hydrogens (tertiary/aromatic N) is 5. The van der Waals surface area contributed by atoms with E-state index in [1.165, 1.54) is 0 Å². The van der Waals surface area contributed by atoms with Gasteiger partial charge in [-0.3, -0.25) is 0 Å². The number of hydrogen-bond donors (Lipinski definition) is 0. The second kappa shape index (κ2) is 13.4. The molecular formula is C13H27F5N5O5P5. The van der Waals surface area contributed by atoms with Crippen LogP contribution in [-0.4, -0.2) is 45.2 Å². The Kier molecular flexibility index (Phi) is 12.6. The maximum Gasteiger partial charge on any atom is 0.387 e. The van der Waals surface area contributed by atoms with Crippen molar-refractivity contribution in [3.63, 3.8) is 0 Å². The van der Waals surface area contributed by atoms with Crippen LogP contribution in [0.25, 0.3) is 0 Å². The second-order valence-electron chi connectivity index (χ2n) is 6.36. The first kappa shape index (κ1) is 31.1. The Morgan fingerprint density at radius 2 is 1.09 bits per heavy atom. The molecule has 0 aromatic carbocycles. The SMILES string of the molecule is CCCOP1(F)=NP(F)(OC)=NP(F)(CCC=O)=NP(F)(CCC=O)=NP(F)(OCCC)=N1. The molecule has 1 aliphatic rings. The van der Waals surface area contributed by atoms with E-state index in [2.05, 4.69) is 27.1 Å². The van der Waals surface area contributed by atoms with E-state index in [0.29, 0.717) is 7.11 Å². The predicted octanol–water partition coefficient (Wildman–Crippen LogP) is 9.43. The summed E-state index contributed by atoms with van der Waals surface area (Å²) in [5, 5.41) is 0. The molecule has 10 nitrogen and oxygen atoms in total. The van der Waals surface area contributed by atoms with Gasteiger partial charge in [-0.05, 0) is 12.8 Å². The summed E-state index contributed by atoms with van der Waals surface area (Å²) >= 11 is 0. The lowest BCUT2D eigenvalue weighted by Gasteiger charge is -2.23. The Morgan fingerprint density at radius 1 is 0.667 bits per heavy atom. The summed E-state index contributed by atoms with van der Waals surface area (Å²) in [5.41, 5.74) is 0. The third-order valence-electron chi connectivity index (χ3n) is 3.42. The quantitative estimate of drug-likeness (QED) is 0.121. The van der Waals surface area contributed by atoms with Gasteiger partial charge in [-0.2, -0.15) is 34.5 Å². The molecule has 0 spiro atoms. The molecule has 1 rings (SSSR count). The van der Waals surface area contributed by atoms with Gasteiger partial charge < -0.3 is 23.2 Å². The largest absolute Gasteiger partial charge is 0.387 e. The van der Waals surface area contributed by atoms with Crippen molar-refractivity contribution in [2.75, 3.05) is 32.6 Å². The molecule has 33 heavy (non-hydrogen) atoms. The minimum absolute atomic E-state index is 0.192. The van der Waals surface area contributed by atoms with Gasteiger partial charge in [0.2, 0.25) is 0 Å². The van der Waals surface area contributed by atoms with E-state index in [9.17, 15) is 9.59 Å². The van der Waals surface area contributed by atoms with Gasteiger partial charge in [0.05, 0.1) is 13.2 Å². The van der Waals surface area contributed by atoms with Gasteiger partial charge in [0.1, 0.15) is 12.6 Å². The van der Waals surface area contributed by atoms with Gasteiger partial charge in [0.15, 0.2) is 0 Å². The Balaban J connectivity index is 4.18. The molecule has 194 valence electrons.